The van der Waals surface area contributed by atoms with Crippen LogP contribution in [0.15, 0.2) is 47.6 Å². The zero-order valence-electron chi connectivity index (χ0n) is 20.5. The van der Waals surface area contributed by atoms with E-state index in [2.05, 4.69) is 27.8 Å². The van der Waals surface area contributed by atoms with Crippen molar-refractivity contribution in [3.63, 3.8) is 0 Å². The molecule has 0 saturated heterocycles. The monoisotopic (exact) mass is 512 g/mol. The van der Waals surface area contributed by atoms with Gasteiger partial charge in [-0.2, -0.15) is 0 Å². The Kier molecular flexibility index (Phi) is 9.01. The van der Waals surface area contributed by atoms with Crippen molar-refractivity contribution in [2.75, 3.05) is 11.1 Å². The third-order valence-corrected chi connectivity index (χ3v) is 6.42. The van der Waals surface area contributed by atoms with Gasteiger partial charge in [-0.25, -0.2) is 0 Å². The van der Waals surface area contributed by atoms with Crippen LogP contribution in [0.3, 0.4) is 0 Å². The number of amides is 2. The molecule has 0 spiro atoms. The van der Waals surface area contributed by atoms with Crippen molar-refractivity contribution in [2.45, 2.75) is 45.0 Å². The lowest BCUT2D eigenvalue weighted by atomic mass is 10.2. The number of thioether (sulfide) groups is 1. The molecule has 0 unspecified atom stereocenters. The van der Waals surface area contributed by atoms with Crippen molar-refractivity contribution >= 4 is 35.0 Å². The molecule has 3 aromatic rings. The molecule has 0 aliphatic carbocycles. The van der Waals surface area contributed by atoms with Crippen molar-refractivity contribution in [1.82, 2.24) is 20.1 Å². The van der Waals surface area contributed by atoms with Crippen LogP contribution in [0.5, 0.6) is 5.75 Å². The maximum atomic E-state index is 12.5. The average Bonchev–Trinajstić information content (AvgIpc) is 3.21. The minimum absolute atomic E-state index is 0.0299. The fraction of sp³-hybridized carbons (Fsp3) is 0.333. The molecule has 0 bridgehead atoms. The summed E-state index contributed by atoms with van der Waals surface area (Å²) >= 11 is 1.16. The highest BCUT2D eigenvalue weighted by molar-refractivity contribution is 7.99. The van der Waals surface area contributed by atoms with Crippen LogP contribution in [-0.2, 0) is 29.6 Å². The van der Waals surface area contributed by atoms with Gasteiger partial charge >= 0.3 is 0 Å². The molecule has 0 aliphatic rings. The van der Waals surface area contributed by atoms with Crippen LogP contribution in [0, 0.1) is 17.0 Å². The summed E-state index contributed by atoms with van der Waals surface area (Å²) in [5.41, 5.74) is 2.19. The summed E-state index contributed by atoms with van der Waals surface area (Å²) < 4.78 is 7.39. The third kappa shape index (κ3) is 7.04. The first-order valence-electron chi connectivity index (χ1n) is 11.3. The van der Waals surface area contributed by atoms with Gasteiger partial charge in [-0.15, -0.1) is 10.2 Å². The summed E-state index contributed by atoms with van der Waals surface area (Å²) in [7, 11) is 1.74. The summed E-state index contributed by atoms with van der Waals surface area (Å²) in [5, 5.41) is 25.1. The predicted molar refractivity (Wildman–Crippen MR) is 136 cm³/mol. The number of aryl methyl sites for hydroxylation is 2. The molecule has 2 aromatic carbocycles. The number of non-ortho nitro benzene ring substituents is 1. The van der Waals surface area contributed by atoms with Crippen LogP contribution in [-0.4, -0.2) is 43.4 Å². The van der Waals surface area contributed by atoms with Gasteiger partial charge in [0, 0.05) is 19.2 Å². The number of hydrogen-bond donors (Lipinski definition) is 2. The number of ether oxygens (including phenoxy) is 1. The van der Waals surface area contributed by atoms with E-state index < -0.39 is 11.0 Å². The van der Waals surface area contributed by atoms with Gasteiger partial charge in [0.1, 0.15) is 5.75 Å². The summed E-state index contributed by atoms with van der Waals surface area (Å²) in [6.45, 7) is 5.63. The summed E-state index contributed by atoms with van der Waals surface area (Å²) in [4.78, 5) is 35.3. The quantitative estimate of drug-likeness (QED) is 0.226. The number of anilines is 1. The number of carbonyl (C=O) groups is 2. The molecule has 3 rings (SSSR count). The second-order valence-corrected chi connectivity index (χ2v) is 8.97. The number of benzene rings is 2. The van der Waals surface area contributed by atoms with Gasteiger partial charge in [0.2, 0.25) is 5.91 Å². The maximum absolute atomic E-state index is 12.5. The molecule has 11 nitrogen and oxygen atoms in total. The van der Waals surface area contributed by atoms with Crippen molar-refractivity contribution in [2.24, 2.45) is 7.05 Å². The molecule has 190 valence electrons. The Morgan fingerprint density at radius 2 is 1.92 bits per heavy atom. The van der Waals surface area contributed by atoms with Gasteiger partial charge in [-0.1, -0.05) is 36.9 Å². The van der Waals surface area contributed by atoms with E-state index in [4.69, 9.17) is 4.74 Å². The largest absolute Gasteiger partial charge is 0.481 e. The standard InChI is InChI=1S/C24H28N6O5S/c1-5-17-7-10-19(11-8-17)35-16(3)23(32)25-13-21-27-28-24(29(21)4)36-14-22(31)26-20-12-18(30(33)34)9-6-15(20)2/h6-12,16H,5,13-14H2,1-4H3,(H,25,32)(H,26,31)/t16-/m1/s1. The molecule has 1 aromatic heterocycles. The molecule has 2 N–H and O–H groups in total. The molecule has 12 heteroatoms. The van der Waals surface area contributed by atoms with E-state index in [-0.39, 0.29) is 29.8 Å². The van der Waals surface area contributed by atoms with Crippen LogP contribution >= 0.6 is 11.8 Å². The molecule has 0 aliphatic heterocycles. The van der Waals surface area contributed by atoms with Gasteiger partial charge in [-0.05, 0) is 43.5 Å². The van der Waals surface area contributed by atoms with Gasteiger partial charge < -0.3 is 19.9 Å². The molecule has 2 amide bonds. The van der Waals surface area contributed by atoms with E-state index >= 15 is 0 Å². The van der Waals surface area contributed by atoms with E-state index in [0.717, 1.165) is 18.2 Å². The van der Waals surface area contributed by atoms with Crippen LogP contribution < -0.4 is 15.4 Å². The summed E-state index contributed by atoms with van der Waals surface area (Å²) in [5.74, 6) is 0.534. The molecule has 1 heterocycles. The van der Waals surface area contributed by atoms with Crippen molar-refractivity contribution in [3.8, 4) is 5.75 Å². The van der Waals surface area contributed by atoms with E-state index in [1.54, 1.807) is 31.5 Å². The molecule has 0 radical (unpaired) electrons. The number of nitrogens with zero attached hydrogens (tertiary/aromatic N) is 4. The highest BCUT2D eigenvalue weighted by Gasteiger charge is 2.17. The van der Waals surface area contributed by atoms with E-state index in [1.165, 1.54) is 17.7 Å². The zero-order chi connectivity index (χ0) is 26.2. The molecule has 0 saturated carbocycles. The Bertz CT molecular complexity index is 1240. The first-order chi connectivity index (χ1) is 17.2. The molecule has 36 heavy (non-hydrogen) atoms. The number of rotatable bonds is 11. The molecule has 1 atom stereocenters. The Hall–Kier alpha value is -3.93. The smallest absolute Gasteiger partial charge is 0.271 e. The topological polar surface area (TPSA) is 141 Å². The zero-order valence-corrected chi connectivity index (χ0v) is 21.3. The molecular weight excluding hydrogens is 484 g/mol. The first-order valence-corrected chi connectivity index (χ1v) is 12.3. The second kappa shape index (κ2) is 12.2. The summed E-state index contributed by atoms with van der Waals surface area (Å²) in [6, 6.07) is 11.9. The van der Waals surface area contributed by atoms with Crippen molar-refractivity contribution < 1.29 is 19.2 Å². The van der Waals surface area contributed by atoms with E-state index in [1.807, 2.05) is 24.3 Å². The Balaban J connectivity index is 1.49. The van der Waals surface area contributed by atoms with Gasteiger partial charge in [-0.3, -0.25) is 19.7 Å². The Morgan fingerprint density at radius 1 is 1.19 bits per heavy atom. The van der Waals surface area contributed by atoms with Gasteiger partial charge in [0.05, 0.1) is 22.9 Å². The fourth-order valence-electron chi connectivity index (χ4n) is 3.17. The minimum atomic E-state index is -0.694. The molecule has 0 fully saturated rings. The lowest BCUT2D eigenvalue weighted by molar-refractivity contribution is -0.384. The number of nitro groups is 1. The Labute approximate surface area is 212 Å². The number of nitrogens with one attached hydrogen (secondary N) is 2. The lowest BCUT2D eigenvalue weighted by Crippen LogP contribution is -2.36. The SMILES string of the molecule is CCc1ccc(O[C@H](C)C(=O)NCc2nnc(SCC(=O)Nc3cc([N+](=O)[O-])ccc3C)n2C)cc1. The third-order valence-electron chi connectivity index (χ3n) is 5.40. The van der Waals surface area contributed by atoms with E-state index in [9.17, 15) is 19.7 Å². The van der Waals surface area contributed by atoms with Gasteiger partial charge in [0.25, 0.3) is 11.6 Å². The first kappa shape index (κ1) is 26.7. The van der Waals surface area contributed by atoms with Crippen LogP contribution in [0.2, 0.25) is 0 Å². The Morgan fingerprint density at radius 3 is 2.58 bits per heavy atom. The van der Waals surface area contributed by atoms with Crippen molar-refractivity contribution in [3.05, 3.63) is 69.5 Å². The second-order valence-electron chi connectivity index (χ2n) is 8.03. The van der Waals surface area contributed by atoms with E-state index in [0.29, 0.717) is 28.0 Å². The minimum Gasteiger partial charge on any atom is -0.481 e. The number of aromatic nitrogens is 3. The van der Waals surface area contributed by atoms with Crippen LogP contribution in [0.25, 0.3) is 0 Å². The maximum Gasteiger partial charge on any atom is 0.271 e. The predicted octanol–water partition coefficient (Wildman–Crippen LogP) is 3.41. The number of nitro benzene ring substituents is 1. The van der Waals surface area contributed by atoms with Crippen LogP contribution in [0.1, 0.15) is 30.8 Å². The molecular formula is C24H28N6O5S. The highest BCUT2D eigenvalue weighted by atomic mass is 32.2. The number of hydrogen-bond acceptors (Lipinski definition) is 8. The lowest BCUT2D eigenvalue weighted by Gasteiger charge is -2.15. The fourth-order valence-corrected chi connectivity index (χ4v) is 3.90. The normalized spacial score (nSPS) is 11.6. The van der Waals surface area contributed by atoms with Crippen molar-refractivity contribution in [1.29, 1.82) is 0 Å². The summed E-state index contributed by atoms with van der Waals surface area (Å²) in [6.07, 6.45) is 0.233. The van der Waals surface area contributed by atoms with Gasteiger partial charge in [0.15, 0.2) is 17.1 Å². The van der Waals surface area contributed by atoms with Crippen LogP contribution in [0.4, 0.5) is 11.4 Å². The number of carbonyl (C=O) groups excluding carboxylic acids is 2. The highest BCUT2D eigenvalue weighted by Crippen LogP contribution is 2.23. The average molecular weight is 513 g/mol.